The molecule has 0 bridgehead atoms. The zero-order valence-electron chi connectivity index (χ0n) is 14.4. The van der Waals surface area contributed by atoms with Gasteiger partial charge in [0.25, 0.3) is 5.91 Å². The van der Waals surface area contributed by atoms with Crippen molar-refractivity contribution in [2.24, 2.45) is 0 Å². The Hall–Kier alpha value is -2.54. The Bertz CT molecular complexity index is 832. The summed E-state index contributed by atoms with van der Waals surface area (Å²) >= 11 is 0. The molecule has 0 aromatic heterocycles. The van der Waals surface area contributed by atoms with Crippen LogP contribution >= 0.6 is 0 Å². The molecule has 0 heterocycles. The van der Waals surface area contributed by atoms with E-state index in [9.17, 15) is 13.2 Å². The highest BCUT2D eigenvalue weighted by molar-refractivity contribution is 7.92. The maximum atomic E-state index is 12.2. The van der Waals surface area contributed by atoms with E-state index in [1.807, 2.05) is 38.1 Å². The molecular formula is C18H22N2O4S. The first-order valence-electron chi connectivity index (χ1n) is 7.82. The Morgan fingerprint density at radius 3 is 2.36 bits per heavy atom. The fourth-order valence-corrected chi connectivity index (χ4v) is 2.75. The molecule has 2 N–H and O–H groups in total. The van der Waals surface area contributed by atoms with Crippen molar-refractivity contribution in [1.29, 1.82) is 0 Å². The van der Waals surface area contributed by atoms with Crippen molar-refractivity contribution >= 4 is 21.6 Å². The van der Waals surface area contributed by atoms with Gasteiger partial charge in [-0.25, -0.2) is 8.42 Å². The van der Waals surface area contributed by atoms with E-state index in [4.69, 9.17) is 4.74 Å². The highest BCUT2D eigenvalue weighted by Gasteiger charge is 2.11. The van der Waals surface area contributed by atoms with Crippen molar-refractivity contribution < 1.29 is 17.9 Å². The van der Waals surface area contributed by atoms with Crippen molar-refractivity contribution in [3.63, 3.8) is 0 Å². The Labute approximate surface area is 148 Å². The van der Waals surface area contributed by atoms with Crippen LogP contribution in [-0.4, -0.2) is 33.2 Å². The van der Waals surface area contributed by atoms with Crippen LogP contribution in [0, 0.1) is 6.92 Å². The highest BCUT2D eigenvalue weighted by Crippen LogP contribution is 2.16. The van der Waals surface area contributed by atoms with Gasteiger partial charge in [-0.2, -0.15) is 0 Å². The number of nitrogens with one attached hydrogen (secondary N) is 2. The number of amides is 1. The number of benzene rings is 2. The third kappa shape index (κ3) is 6.11. The lowest BCUT2D eigenvalue weighted by Crippen LogP contribution is -2.36. The minimum absolute atomic E-state index is 0.180. The SMILES string of the molecule is Cc1ccccc1OC[C@H](C)NC(=O)c1ccc(NS(C)(=O)=O)cc1. The number of hydrogen-bond donors (Lipinski definition) is 2. The Kier molecular flexibility index (Phi) is 6.03. The Morgan fingerprint density at radius 2 is 1.76 bits per heavy atom. The predicted octanol–water partition coefficient (Wildman–Crippen LogP) is 2.56. The summed E-state index contributed by atoms with van der Waals surface area (Å²) in [5.74, 6) is 0.548. The van der Waals surface area contributed by atoms with Crippen LogP contribution in [0.1, 0.15) is 22.8 Å². The summed E-state index contributed by atoms with van der Waals surface area (Å²) < 4.78 is 30.4. The molecule has 134 valence electrons. The normalized spacial score (nSPS) is 12.3. The smallest absolute Gasteiger partial charge is 0.251 e. The molecule has 0 unspecified atom stereocenters. The minimum atomic E-state index is -3.33. The zero-order valence-corrected chi connectivity index (χ0v) is 15.3. The molecule has 0 aliphatic carbocycles. The molecule has 1 atom stereocenters. The number of para-hydroxylation sites is 1. The summed E-state index contributed by atoms with van der Waals surface area (Å²) in [6.07, 6.45) is 1.07. The monoisotopic (exact) mass is 362 g/mol. The molecule has 25 heavy (non-hydrogen) atoms. The average molecular weight is 362 g/mol. The predicted molar refractivity (Wildman–Crippen MR) is 98.5 cm³/mol. The van der Waals surface area contributed by atoms with Crippen LogP contribution in [0.2, 0.25) is 0 Å². The van der Waals surface area contributed by atoms with Gasteiger partial charge in [-0.3, -0.25) is 9.52 Å². The lowest BCUT2D eigenvalue weighted by atomic mass is 10.2. The summed E-state index contributed by atoms with van der Waals surface area (Å²) in [5.41, 5.74) is 1.90. The van der Waals surface area contributed by atoms with Gasteiger partial charge in [0.1, 0.15) is 12.4 Å². The van der Waals surface area contributed by atoms with Gasteiger partial charge in [-0.1, -0.05) is 18.2 Å². The number of carbonyl (C=O) groups is 1. The number of carbonyl (C=O) groups excluding carboxylic acids is 1. The molecule has 6 nitrogen and oxygen atoms in total. The molecule has 0 aliphatic rings. The topological polar surface area (TPSA) is 84.5 Å². The quantitative estimate of drug-likeness (QED) is 0.793. The van der Waals surface area contributed by atoms with E-state index >= 15 is 0 Å². The van der Waals surface area contributed by atoms with Crippen LogP contribution < -0.4 is 14.8 Å². The number of rotatable bonds is 7. The van der Waals surface area contributed by atoms with Crippen molar-refractivity contribution in [3.05, 3.63) is 59.7 Å². The average Bonchev–Trinajstić information content (AvgIpc) is 2.53. The van der Waals surface area contributed by atoms with Gasteiger partial charge in [-0.15, -0.1) is 0 Å². The Morgan fingerprint density at radius 1 is 1.12 bits per heavy atom. The molecule has 7 heteroatoms. The van der Waals surface area contributed by atoms with Crippen LogP contribution in [-0.2, 0) is 10.0 Å². The number of sulfonamides is 1. The van der Waals surface area contributed by atoms with E-state index in [0.717, 1.165) is 17.6 Å². The second-order valence-electron chi connectivity index (χ2n) is 5.90. The fraction of sp³-hybridized carbons (Fsp3) is 0.278. The summed E-state index contributed by atoms with van der Waals surface area (Å²) in [4.78, 5) is 12.2. The molecule has 0 radical (unpaired) electrons. The minimum Gasteiger partial charge on any atom is -0.491 e. The fourth-order valence-electron chi connectivity index (χ4n) is 2.19. The first kappa shape index (κ1) is 18.8. The highest BCUT2D eigenvalue weighted by atomic mass is 32.2. The van der Waals surface area contributed by atoms with E-state index in [1.165, 1.54) is 0 Å². The second-order valence-corrected chi connectivity index (χ2v) is 7.65. The van der Waals surface area contributed by atoms with Crippen LogP contribution in [0.15, 0.2) is 48.5 Å². The lowest BCUT2D eigenvalue weighted by Gasteiger charge is -2.16. The van der Waals surface area contributed by atoms with Gasteiger partial charge < -0.3 is 10.1 Å². The molecule has 1 amide bonds. The number of aryl methyl sites for hydroxylation is 1. The van der Waals surface area contributed by atoms with Crippen molar-refractivity contribution in [3.8, 4) is 5.75 Å². The summed E-state index contributed by atoms with van der Waals surface area (Å²) in [6.45, 7) is 4.17. The molecule has 0 spiro atoms. The maximum absolute atomic E-state index is 12.2. The summed E-state index contributed by atoms with van der Waals surface area (Å²) in [7, 11) is -3.33. The van der Waals surface area contributed by atoms with Crippen LogP contribution in [0.3, 0.4) is 0 Å². The lowest BCUT2D eigenvalue weighted by molar-refractivity contribution is 0.0926. The van der Waals surface area contributed by atoms with E-state index in [-0.39, 0.29) is 11.9 Å². The van der Waals surface area contributed by atoms with E-state index in [0.29, 0.717) is 17.9 Å². The van der Waals surface area contributed by atoms with Gasteiger partial charge in [0.05, 0.1) is 12.3 Å². The van der Waals surface area contributed by atoms with E-state index in [2.05, 4.69) is 10.0 Å². The molecule has 2 rings (SSSR count). The van der Waals surface area contributed by atoms with Gasteiger partial charge in [0.15, 0.2) is 0 Å². The molecule has 0 fully saturated rings. The number of ether oxygens (including phenoxy) is 1. The third-order valence-corrected chi connectivity index (χ3v) is 4.02. The Balaban J connectivity index is 1.89. The largest absolute Gasteiger partial charge is 0.491 e. The van der Waals surface area contributed by atoms with Crippen molar-refractivity contribution in [2.75, 3.05) is 17.6 Å². The molecule has 2 aromatic carbocycles. The molecule has 0 saturated carbocycles. The molecule has 0 aliphatic heterocycles. The first-order valence-corrected chi connectivity index (χ1v) is 9.71. The van der Waals surface area contributed by atoms with E-state index in [1.54, 1.807) is 24.3 Å². The maximum Gasteiger partial charge on any atom is 0.251 e. The van der Waals surface area contributed by atoms with E-state index < -0.39 is 10.0 Å². The van der Waals surface area contributed by atoms with Gasteiger partial charge >= 0.3 is 0 Å². The van der Waals surface area contributed by atoms with Gasteiger partial charge in [0.2, 0.25) is 10.0 Å². The van der Waals surface area contributed by atoms with Gasteiger partial charge in [-0.05, 0) is 49.7 Å². The molecule has 2 aromatic rings. The third-order valence-electron chi connectivity index (χ3n) is 3.41. The van der Waals surface area contributed by atoms with Crippen molar-refractivity contribution in [2.45, 2.75) is 19.9 Å². The standard InChI is InChI=1S/C18H22N2O4S/c1-13-6-4-5-7-17(13)24-12-14(2)19-18(21)15-8-10-16(11-9-15)20-25(3,22)23/h4-11,14,20H,12H2,1-3H3,(H,19,21)/t14-/m0/s1. The summed E-state index contributed by atoms with van der Waals surface area (Å²) in [5, 5.41) is 2.85. The van der Waals surface area contributed by atoms with Crippen LogP contribution in [0.4, 0.5) is 5.69 Å². The molecular weight excluding hydrogens is 340 g/mol. The van der Waals surface area contributed by atoms with Crippen LogP contribution in [0.5, 0.6) is 5.75 Å². The second kappa shape index (κ2) is 8.02. The van der Waals surface area contributed by atoms with Gasteiger partial charge in [0, 0.05) is 11.3 Å². The zero-order chi connectivity index (χ0) is 18.4. The van der Waals surface area contributed by atoms with Crippen LogP contribution in [0.25, 0.3) is 0 Å². The number of hydrogen-bond acceptors (Lipinski definition) is 4. The summed E-state index contributed by atoms with van der Waals surface area (Å²) in [6, 6.07) is 13.7. The van der Waals surface area contributed by atoms with Crippen molar-refractivity contribution in [1.82, 2.24) is 5.32 Å². The first-order chi connectivity index (χ1) is 11.7. The molecule has 0 saturated heterocycles. The number of anilines is 1.